The van der Waals surface area contributed by atoms with E-state index in [1.807, 2.05) is 31.2 Å². The lowest BCUT2D eigenvalue weighted by molar-refractivity contribution is -0.114. The topological polar surface area (TPSA) is 62.0 Å². The minimum Gasteiger partial charge on any atom is -0.384 e. The van der Waals surface area contributed by atoms with Gasteiger partial charge in [0.05, 0.1) is 5.57 Å². The SMILES string of the molecule is CNC1=C(Cl)C(=O)C(Cl)=C(c2c(C)[nH]c3ccccc23)C1=O. The van der Waals surface area contributed by atoms with Crippen molar-refractivity contribution in [3.8, 4) is 0 Å². The Morgan fingerprint density at radius 2 is 1.73 bits per heavy atom. The zero-order valence-corrected chi connectivity index (χ0v) is 13.4. The molecule has 0 atom stereocenters. The molecular weight excluding hydrogens is 323 g/mol. The van der Waals surface area contributed by atoms with E-state index in [0.717, 1.165) is 16.6 Å². The van der Waals surface area contributed by atoms with Crippen molar-refractivity contribution >= 4 is 51.2 Å². The van der Waals surface area contributed by atoms with E-state index < -0.39 is 5.78 Å². The third kappa shape index (κ3) is 1.99. The van der Waals surface area contributed by atoms with Crippen LogP contribution >= 0.6 is 23.2 Å². The van der Waals surface area contributed by atoms with Gasteiger partial charge in [0.2, 0.25) is 11.6 Å². The number of likely N-dealkylation sites (N-methyl/N-ethyl adjacent to an activating group) is 1. The molecule has 0 radical (unpaired) electrons. The number of rotatable bonds is 2. The molecular formula is C16H12Cl2N2O2. The lowest BCUT2D eigenvalue weighted by Crippen LogP contribution is -2.26. The monoisotopic (exact) mass is 334 g/mol. The normalized spacial score (nSPS) is 16.0. The molecule has 0 aliphatic heterocycles. The molecule has 1 aliphatic carbocycles. The summed E-state index contributed by atoms with van der Waals surface area (Å²) in [6.45, 7) is 1.84. The van der Waals surface area contributed by atoms with Crippen molar-refractivity contribution in [3.63, 3.8) is 0 Å². The molecule has 112 valence electrons. The highest BCUT2D eigenvalue weighted by atomic mass is 35.5. The zero-order valence-electron chi connectivity index (χ0n) is 11.9. The molecule has 22 heavy (non-hydrogen) atoms. The molecule has 0 amide bonds. The van der Waals surface area contributed by atoms with Gasteiger partial charge in [0, 0.05) is 29.2 Å². The second-order valence-electron chi connectivity index (χ2n) is 4.96. The Morgan fingerprint density at radius 3 is 2.41 bits per heavy atom. The van der Waals surface area contributed by atoms with E-state index in [2.05, 4.69) is 10.3 Å². The minimum absolute atomic E-state index is 0.0655. The van der Waals surface area contributed by atoms with Crippen molar-refractivity contribution in [2.75, 3.05) is 7.05 Å². The van der Waals surface area contributed by atoms with Gasteiger partial charge in [0.15, 0.2) is 0 Å². The number of hydrogen-bond acceptors (Lipinski definition) is 3. The van der Waals surface area contributed by atoms with Gasteiger partial charge < -0.3 is 10.3 Å². The molecule has 1 aromatic heterocycles. The standard InChI is InChI=1S/C16H12Cl2N2O2/c1-7-10(8-5-3-4-6-9(8)20-7)11-12(17)16(22)13(18)14(19-2)15(11)21/h3-6,19-20H,1-2H3. The lowest BCUT2D eigenvalue weighted by atomic mass is 9.91. The van der Waals surface area contributed by atoms with Crippen LogP contribution in [0.1, 0.15) is 11.3 Å². The first-order chi connectivity index (χ1) is 10.5. The summed E-state index contributed by atoms with van der Waals surface area (Å²) < 4.78 is 0. The molecule has 0 spiro atoms. The molecule has 1 aromatic carbocycles. The second kappa shape index (κ2) is 5.30. The molecule has 0 saturated carbocycles. The number of H-pyrrole nitrogens is 1. The smallest absolute Gasteiger partial charge is 0.218 e. The third-order valence-electron chi connectivity index (χ3n) is 3.69. The predicted molar refractivity (Wildman–Crippen MR) is 87.8 cm³/mol. The summed E-state index contributed by atoms with van der Waals surface area (Å²) in [6, 6.07) is 7.53. The summed E-state index contributed by atoms with van der Waals surface area (Å²) >= 11 is 12.1. The van der Waals surface area contributed by atoms with Gasteiger partial charge in [-0.15, -0.1) is 0 Å². The van der Waals surface area contributed by atoms with Crippen LogP contribution in [0.15, 0.2) is 40.0 Å². The van der Waals surface area contributed by atoms with Gasteiger partial charge in [0.1, 0.15) is 15.8 Å². The van der Waals surface area contributed by atoms with Crippen LogP contribution in [-0.2, 0) is 9.59 Å². The Kier molecular flexibility index (Phi) is 3.59. The van der Waals surface area contributed by atoms with Gasteiger partial charge in [-0.25, -0.2) is 0 Å². The number of aromatic amines is 1. The summed E-state index contributed by atoms with van der Waals surface area (Å²) in [4.78, 5) is 28.1. The van der Waals surface area contributed by atoms with Gasteiger partial charge in [-0.1, -0.05) is 41.4 Å². The largest absolute Gasteiger partial charge is 0.384 e. The van der Waals surface area contributed by atoms with E-state index >= 15 is 0 Å². The predicted octanol–water partition coefficient (Wildman–Crippen LogP) is 3.25. The summed E-state index contributed by atoms with van der Waals surface area (Å²) in [6.07, 6.45) is 0. The van der Waals surface area contributed by atoms with Crippen LogP contribution in [0, 0.1) is 6.92 Å². The van der Waals surface area contributed by atoms with Crippen LogP contribution in [0.25, 0.3) is 16.5 Å². The number of fused-ring (bicyclic) bond motifs is 1. The van der Waals surface area contributed by atoms with Crippen molar-refractivity contribution in [1.82, 2.24) is 10.3 Å². The molecule has 0 saturated heterocycles. The molecule has 0 fully saturated rings. The summed E-state index contributed by atoms with van der Waals surface area (Å²) in [7, 11) is 1.54. The summed E-state index contributed by atoms with van der Waals surface area (Å²) in [5.41, 5.74) is 2.52. The number of hydrogen-bond donors (Lipinski definition) is 2. The number of para-hydroxylation sites is 1. The van der Waals surface area contributed by atoms with Gasteiger partial charge in [-0.2, -0.15) is 0 Å². The average molecular weight is 335 g/mol. The number of allylic oxidation sites excluding steroid dienone is 3. The number of ketones is 2. The van der Waals surface area contributed by atoms with Crippen molar-refractivity contribution < 1.29 is 9.59 Å². The van der Waals surface area contributed by atoms with E-state index in [4.69, 9.17) is 23.2 Å². The fourth-order valence-corrected chi connectivity index (χ4v) is 3.29. The number of carbonyl (C=O) groups is 2. The first kappa shape index (κ1) is 14.9. The summed E-state index contributed by atoms with van der Waals surface area (Å²) in [5, 5.41) is 3.19. The highest BCUT2D eigenvalue weighted by molar-refractivity contribution is 6.63. The fraction of sp³-hybridized carbons (Fsp3) is 0.125. The van der Waals surface area contributed by atoms with Crippen molar-refractivity contribution in [2.45, 2.75) is 6.92 Å². The number of benzene rings is 1. The minimum atomic E-state index is -0.549. The number of carbonyl (C=O) groups excluding carboxylic acids is 2. The van der Waals surface area contributed by atoms with E-state index in [-0.39, 0.29) is 27.1 Å². The Hall–Kier alpha value is -2.04. The molecule has 2 N–H and O–H groups in total. The maximum atomic E-state index is 12.7. The Balaban J connectivity index is 2.33. The lowest BCUT2D eigenvalue weighted by Gasteiger charge is -2.18. The maximum absolute atomic E-state index is 12.7. The zero-order chi connectivity index (χ0) is 16.0. The number of nitrogens with one attached hydrogen (secondary N) is 2. The number of aryl methyl sites for hydroxylation is 1. The molecule has 6 heteroatoms. The van der Waals surface area contributed by atoms with Crippen LogP contribution in [0.2, 0.25) is 0 Å². The van der Waals surface area contributed by atoms with E-state index in [9.17, 15) is 9.59 Å². The van der Waals surface area contributed by atoms with Crippen molar-refractivity contribution in [1.29, 1.82) is 0 Å². The van der Waals surface area contributed by atoms with Crippen LogP contribution < -0.4 is 5.32 Å². The molecule has 0 bridgehead atoms. The maximum Gasteiger partial charge on any atom is 0.218 e. The van der Waals surface area contributed by atoms with E-state index in [1.165, 1.54) is 0 Å². The van der Waals surface area contributed by atoms with Crippen LogP contribution in [0.5, 0.6) is 0 Å². The first-order valence-electron chi connectivity index (χ1n) is 6.61. The van der Waals surface area contributed by atoms with Gasteiger partial charge >= 0.3 is 0 Å². The average Bonchev–Trinajstić information content (AvgIpc) is 2.82. The summed E-state index contributed by atoms with van der Waals surface area (Å²) in [5.74, 6) is -0.933. The van der Waals surface area contributed by atoms with E-state index in [0.29, 0.717) is 5.56 Å². The van der Waals surface area contributed by atoms with Gasteiger partial charge in [-0.3, -0.25) is 9.59 Å². The molecule has 1 aliphatic rings. The Labute approximate surface area is 136 Å². The van der Waals surface area contributed by atoms with Crippen LogP contribution in [0.4, 0.5) is 0 Å². The van der Waals surface area contributed by atoms with Crippen LogP contribution in [-0.4, -0.2) is 23.6 Å². The van der Waals surface area contributed by atoms with Gasteiger partial charge in [-0.05, 0) is 13.0 Å². The molecule has 0 unspecified atom stereocenters. The molecule has 3 rings (SSSR count). The Bertz CT molecular complexity index is 891. The molecule has 4 nitrogen and oxygen atoms in total. The Morgan fingerprint density at radius 1 is 1.05 bits per heavy atom. The van der Waals surface area contributed by atoms with Crippen molar-refractivity contribution in [2.24, 2.45) is 0 Å². The first-order valence-corrected chi connectivity index (χ1v) is 7.37. The number of halogens is 2. The number of Topliss-reactive ketones (excluding diaryl/α,β-unsaturated/α-hetero) is 2. The molecule has 2 aromatic rings. The van der Waals surface area contributed by atoms with E-state index in [1.54, 1.807) is 7.05 Å². The van der Waals surface area contributed by atoms with Crippen molar-refractivity contribution in [3.05, 3.63) is 51.3 Å². The van der Waals surface area contributed by atoms with Gasteiger partial charge in [0.25, 0.3) is 0 Å². The quantitative estimate of drug-likeness (QED) is 0.828. The number of aromatic nitrogens is 1. The molecule has 1 heterocycles. The fourth-order valence-electron chi connectivity index (χ4n) is 2.69. The van der Waals surface area contributed by atoms with Crippen LogP contribution in [0.3, 0.4) is 0 Å². The third-order valence-corrected chi connectivity index (χ3v) is 4.41. The highest BCUT2D eigenvalue weighted by Crippen LogP contribution is 2.38. The second-order valence-corrected chi connectivity index (χ2v) is 5.71. The highest BCUT2D eigenvalue weighted by Gasteiger charge is 2.35.